The van der Waals surface area contributed by atoms with Crippen LogP contribution in [0.15, 0.2) is 0 Å². The smallest absolute Gasteiger partial charge is 0.219 e. The highest BCUT2D eigenvalue weighted by Gasteiger charge is 2.37. The number of hydrogen-bond acceptors (Lipinski definition) is 5. The van der Waals surface area contributed by atoms with E-state index in [9.17, 15) is 8.42 Å². The highest BCUT2D eigenvalue weighted by Crippen LogP contribution is 2.37. The van der Waals surface area contributed by atoms with Crippen molar-refractivity contribution < 1.29 is 17.9 Å². The van der Waals surface area contributed by atoms with Gasteiger partial charge in [0.05, 0.1) is 25.0 Å². The number of nitrogens with zero attached hydrogens (tertiary/aromatic N) is 2. The third-order valence-corrected chi connectivity index (χ3v) is 6.38. The fourth-order valence-electron chi connectivity index (χ4n) is 3.10. The fourth-order valence-corrected chi connectivity index (χ4v) is 4.33. The zero-order valence-electron chi connectivity index (χ0n) is 13.2. The first-order valence-electron chi connectivity index (χ1n) is 7.58. The lowest BCUT2D eigenvalue weighted by Crippen LogP contribution is -2.47. The average molecular weight is 329 g/mol. The number of nitrogens with one attached hydrogen (secondary N) is 1. The standard InChI is InChI=1S/C14H23N3O4S/c1-9-13(10(2)17(3)16-9)14-11(4-5-21-14)6-15-22(18,19)12-7-20-8-12/h11-12,14-15H,4-8H2,1-3H3/t11-,14+/m1/s1. The molecule has 7 nitrogen and oxygen atoms in total. The van der Waals surface area contributed by atoms with E-state index in [-0.39, 0.29) is 12.0 Å². The Morgan fingerprint density at radius 3 is 2.64 bits per heavy atom. The van der Waals surface area contributed by atoms with Crippen LogP contribution in [0.2, 0.25) is 0 Å². The minimum atomic E-state index is -3.28. The summed E-state index contributed by atoms with van der Waals surface area (Å²) in [7, 11) is -1.37. The second kappa shape index (κ2) is 5.92. The molecule has 1 aromatic heterocycles. The molecule has 0 aliphatic carbocycles. The Labute approximate surface area is 131 Å². The van der Waals surface area contributed by atoms with Crippen molar-refractivity contribution in [1.29, 1.82) is 0 Å². The van der Waals surface area contributed by atoms with Gasteiger partial charge in [0.1, 0.15) is 5.25 Å². The predicted molar refractivity (Wildman–Crippen MR) is 81.0 cm³/mol. The normalized spacial score (nSPS) is 26.3. The molecule has 0 radical (unpaired) electrons. The van der Waals surface area contributed by atoms with E-state index in [0.29, 0.717) is 26.4 Å². The lowest BCUT2D eigenvalue weighted by Gasteiger charge is -2.27. The van der Waals surface area contributed by atoms with Crippen LogP contribution in [-0.4, -0.2) is 49.8 Å². The van der Waals surface area contributed by atoms with E-state index in [4.69, 9.17) is 9.47 Å². The molecule has 3 rings (SSSR count). The molecule has 0 unspecified atom stereocenters. The average Bonchev–Trinajstić information content (AvgIpc) is 2.90. The molecular formula is C14H23N3O4S. The van der Waals surface area contributed by atoms with E-state index in [0.717, 1.165) is 23.4 Å². The summed E-state index contributed by atoms with van der Waals surface area (Å²) >= 11 is 0. The van der Waals surface area contributed by atoms with Crippen LogP contribution in [0.25, 0.3) is 0 Å². The molecule has 0 bridgehead atoms. The van der Waals surface area contributed by atoms with Crippen molar-refractivity contribution in [2.45, 2.75) is 31.6 Å². The van der Waals surface area contributed by atoms with Gasteiger partial charge in [0.25, 0.3) is 0 Å². The maximum Gasteiger partial charge on any atom is 0.219 e. The molecule has 8 heteroatoms. The summed E-state index contributed by atoms with van der Waals surface area (Å²) in [6.07, 6.45) is 0.760. The number of rotatable bonds is 5. The topological polar surface area (TPSA) is 82.5 Å². The highest BCUT2D eigenvalue weighted by molar-refractivity contribution is 7.90. The van der Waals surface area contributed by atoms with Crippen molar-refractivity contribution in [3.63, 3.8) is 0 Å². The van der Waals surface area contributed by atoms with E-state index in [2.05, 4.69) is 9.82 Å². The lowest BCUT2D eigenvalue weighted by atomic mass is 9.94. The molecule has 22 heavy (non-hydrogen) atoms. The van der Waals surface area contributed by atoms with E-state index >= 15 is 0 Å². The van der Waals surface area contributed by atoms with Crippen LogP contribution in [0, 0.1) is 19.8 Å². The SMILES string of the molecule is Cc1nn(C)c(C)c1[C@H]1OCC[C@@H]1CNS(=O)(=O)C1COC1. The maximum absolute atomic E-state index is 12.1. The van der Waals surface area contributed by atoms with Crippen molar-refractivity contribution in [1.82, 2.24) is 14.5 Å². The van der Waals surface area contributed by atoms with Crippen LogP contribution in [0.1, 0.15) is 29.5 Å². The van der Waals surface area contributed by atoms with Crippen LogP contribution in [0.3, 0.4) is 0 Å². The Morgan fingerprint density at radius 2 is 2.09 bits per heavy atom. The molecule has 2 aliphatic rings. The summed E-state index contributed by atoms with van der Waals surface area (Å²) in [5.41, 5.74) is 3.12. The summed E-state index contributed by atoms with van der Waals surface area (Å²) in [6, 6.07) is 0. The number of ether oxygens (including phenoxy) is 2. The molecule has 0 aromatic carbocycles. The Hall–Kier alpha value is -0.960. The number of aryl methyl sites for hydroxylation is 2. The van der Waals surface area contributed by atoms with Gasteiger partial charge in [-0.25, -0.2) is 13.1 Å². The van der Waals surface area contributed by atoms with Crippen LogP contribution in [0.5, 0.6) is 0 Å². The van der Waals surface area contributed by atoms with Crippen molar-refractivity contribution in [3.8, 4) is 0 Å². The van der Waals surface area contributed by atoms with Gasteiger partial charge in [0, 0.05) is 37.4 Å². The number of sulfonamides is 1. The Balaban J connectivity index is 1.71. The molecule has 2 atom stereocenters. The third kappa shape index (κ3) is 2.80. The van der Waals surface area contributed by atoms with Crippen LogP contribution in [-0.2, 0) is 26.5 Å². The fraction of sp³-hybridized carbons (Fsp3) is 0.786. The zero-order chi connectivity index (χ0) is 15.9. The van der Waals surface area contributed by atoms with E-state index in [1.54, 1.807) is 0 Å². The lowest BCUT2D eigenvalue weighted by molar-refractivity contribution is 0.0409. The second-order valence-corrected chi connectivity index (χ2v) is 8.15. The molecular weight excluding hydrogens is 306 g/mol. The van der Waals surface area contributed by atoms with Crippen molar-refractivity contribution in [2.24, 2.45) is 13.0 Å². The Kier molecular flexibility index (Phi) is 4.28. The molecule has 2 fully saturated rings. The van der Waals surface area contributed by atoms with E-state index < -0.39 is 15.3 Å². The van der Waals surface area contributed by atoms with E-state index in [1.165, 1.54) is 0 Å². The van der Waals surface area contributed by atoms with Crippen molar-refractivity contribution >= 4 is 10.0 Å². The summed E-state index contributed by atoms with van der Waals surface area (Å²) in [4.78, 5) is 0. The van der Waals surface area contributed by atoms with Crippen molar-refractivity contribution in [2.75, 3.05) is 26.4 Å². The van der Waals surface area contributed by atoms with Crippen LogP contribution >= 0.6 is 0 Å². The van der Waals surface area contributed by atoms with Crippen molar-refractivity contribution in [3.05, 3.63) is 17.0 Å². The quantitative estimate of drug-likeness (QED) is 0.847. The van der Waals surface area contributed by atoms with Gasteiger partial charge < -0.3 is 9.47 Å². The number of hydrogen-bond donors (Lipinski definition) is 1. The molecule has 2 saturated heterocycles. The third-order valence-electron chi connectivity index (χ3n) is 4.66. The van der Waals surface area contributed by atoms with Gasteiger partial charge in [-0.05, 0) is 20.3 Å². The molecule has 0 saturated carbocycles. The predicted octanol–water partition coefficient (Wildman–Crippen LogP) is 0.433. The summed E-state index contributed by atoms with van der Waals surface area (Å²) < 4.78 is 39.6. The molecule has 2 aliphatic heterocycles. The van der Waals surface area contributed by atoms with Crippen LogP contribution in [0.4, 0.5) is 0 Å². The molecule has 1 N–H and O–H groups in total. The Bertz CT molecular complexity index is 651. The molecule has 124 valence electrons. The van der Waals surface area contributed by atoms with Gasteiger partial charge in [-0.2, -0.15) is 5.10 Å². The largest absolute Gasteiger partial charge is 0.378 e. The minimum absolute atomic E-state index is 0.0889. The molecule has 0 amide bonds. The number of aromatic nitrogens is 2. The molecule has 0 spiro atoms. The van der Waals surface area contributed by atoms with Crippen LogP contribution < -0.4 is 4.72 Å². The molecule has 3 heterocycles. The van der Waals surface area contributed by atoms with Gasteiger partial charge in [0.15, 0.2) is 0 Å². The van der Waals surface area contributed by atoms with Gasteiger partial charge in [-0.3, -0.25) is 4.68 Å². The summed E-state index contributed by atoms with van der Waals surface area (Å²) in [5.74, 6) is 0.136. The highest BCUT2D eigenvalue weighted by atomic mass is 32.2. The molecule has 1 aromatic rings. The van der Waals surface area contributed by atoms with Gasteiger partial charge in [-0.1, -0.05) is 0 Å². The second-order valence-electron chi connectivity index (χ2n) is 6.10. The minimum Gasteiger partial charge on any atom is -0.378 e. The summed E-state index contributed by atoms with van der Waals surface area (Å²) in [5, 5.41) is 4.02. The maximum atomic E-state index is 12.1. The zero-order valence-corrected chi connectivity index (χ0v) is 14.0. The van der Waals surface area contributed by atoms with Gasteiger partial charge >= 0.3 is 0 Å². The van der Waals surface area contributed by atoms with Gasteiger partial charge in [0.2, 0.25) is 10.0 Å². The first kappa shape index (κ1) is 15.9. The summed E-state index contributed by atoms with van der Waals surface area (Å²) in [6.45, 7) is 5.62. The first-order valence-corrected chi connectivity index (χ1v) is 9.12. The van der Waals surface area contributed by atoms with Gasteiger partial charge in [-0.15, -0.1) is 0 Å². The monoisotopic (exact) mass is 329 g/mol. The van der Waals surface area contributed by atoms with E-state index in [1.807, 2.05) is 25.6 Å². The Morgan fingerprint density at radius 1 is 1.36 bits per heavy atom. The first-order chi connectivity index (χ1) is 10.4.